The summed E-state index contributed by atoms with van der Waals surface area (Å²) in [4.78, 5) is 25.4. The number of methoxy groups -OCH3 is 1. The molecule has 1 aromatic heterocycles. The van der Waals surface area contributed by atoms with Gasteiger partial charge in [-0.25, -0.2) is 0 Å². The SMILES string of the molecule is COC(=O)CN1C[C@H]2C[C@H](C1)c1cccc(=O)n1C2. The molecular weight excluding hydrogens is 244 g/mol. The van der Waals surface area contributed by atoms with Gasteiger partial charge >= 0.3 is 5.97 Å². The number of ether oxygens (including phenoxy) is 1. The van der Waals surface area contributed by atoms with Crippen LogP contribution < -0.4 is 5.56 Å². The highest BCUT2D eigenvalue weighted by Gasteiger charge is 2.34. The van der Waals surface area contributed by atoms with E-state index in [-0.39, 0.29) is 11.5 Å². The Morgan fingerprint density at radius 2 is 2.21 bits per heavy atom. The van der Waals surface area contributed by atoms with Crippen LogP contribution in [0.15, 0.2) is 23.0 Å². The highest BCUT2D eigenvalue weighted by atomic mass is 16.5. The van der Waals surface area contributed by atoms with Crippen molar-refractivity contribution in [3.63, 3.8) is 0 Å². The lowest BCUT2D eigenvalue weighted by atomic mass is 9.83. The first-order valence-electron chi connectivity index (χ1n) is 6.66. The van der Waals surface area contributed by atoms with Crippen LogP contribution in [0, 0.1) is 5.92 Å². The maximum Gasteiger partial charge on any atom is 0.319 e. The topological polar surface area (TPSA) is 51.5 Å². The number of esters is 1. The zero-order valence-electron chi connectivity index (χ0n) is 11.0. The summed E-state index contributed by atoms with van der Waals surface area (Å²) >= 11 is 0. The van der Waals surface area contributed by atoms with Gasteiger partial charge in [0.25, 0.3) is 5.56 Å². The van der Waals surface area contributed by atoms with Crippen LogP contribution in [-0.2, 0) is 16.1 Å². The first-order chi connectivity index (χ1) is 9.17. The predicted molar refractivity (Wildman–Crippen MR) is 70.0 cm³/mol. The highest BCUT2D eigenvalue weighted by molar-refractivity contribution is 5.71. The Kier molecular flexibility index (Phi) is 3.14. The molecule has 3 rings (SSSR count). The Bertz CT molecular complexity index is 552. The van der Waals surface area contributed by atoms with Crippen LogP contribution in [0.5, 0.6) is 0 Å². The molecule has 2 aliphatic heterocycles. The van der Waals surface area contributed by atoms with E-state index in [0.717, 1.165) is 31.7 Å². The van der Waals surface area contributed by atoms with E-state index in [0.29, 0.717) is 18.4 Å². The number of likely N-dealkylation sites (tertiary alicyclic amines) is 1. The summed E-state index contributed by atoms with van der Waals surface area (Å²) < 4.78 is 6.63. The Balaban J connectivity index is 1.84. The van der Waals surface area contributed by atoms with Gasteiger partial charge in [-0.1, -0.05) is 6.07 Å². The lowest BCUT2D eigenvalue weighted by molar-refractivity contribution is -0.142. The summed E-state index contributed by atoms with van der Waals surface area (Å²) in [5.74, 6) is 0.618. The van der Waals surface area contributed by atoms with E-state index in [2.05, 4.69) is 4.90 Å². The fraction of sp³-hybridized carbons (Fsp3) is 0.571. The number of rotatable bonds is 2. The van der Waals surface area contributed by atoms with Crippen LogP contribution in [0.4, 0.5) is 0 Å². The second-order valence-electron chi connectivity index (χ2n) is 5.47. The molecule has 2 atom stereocenters. The summed E-state index contributed by atoms with van der Waals surface area (Å²) in [6.07, 6.45) is 1.11. The van der Waals surface area contributed by atoms with Crippen molar-refractivity contribution in [3.05, 3.63) is 34.2 Å². The van der Waals surface area contributed by atoms with Crippen LogP contribution in [0.2, 0.25) is 0 Å². The first kappa shape index (κ1) is 12.4. The van der Waals surface area contributed by atoms with E-state index in [1.165, 1.54) is 7.11 Å². The fourth-order valence-corrected chi connectivity index (χ4v) is 3.37. The number of carbonyl (C=O) groups is 1. The predicted octanol–water partition coefficient (Wildman–Crippen LogP) is 0.440. The van der Waals surface area contributed by atoms with Crippen molar-refractivity contribution in [1.82, 2.24) is 9.47 Å². The van der Waals surface area contributed by atoms with E-state index in [1.807, 2.05) is 16.7 Å². The molecule has 1 fully saturated rings. The number of hydrogen-bond acceptors (Lipinski definition) is 4. The number of fused-ring (bicyclic) bond motifs is 4. The molecule has 0 amide bonds. The molecule has 0 radical (unpaired) electrons. The van der Waals surface area contributed by atoms with E-state index >= 15 is 0 Å². The van der Waals surface area contributed by atoms with Crippen LogP contribution in [-0.4, -0.2) is 42.2 Å². The van der Waals surface area contributed by atoms with Gasteiger partial charge in [-0.05, 0) is 18.4 Å². The standard InChI is InChI=1S/C14H18N2O3/c1-19-14(18)9-15-6-10-5-11(8-15)12-3-2-4-13(17)16(12)7-10/h2-4,10-11H,5-9H2,1H3/t10-,11-/m1/s1. The third-order valence-corrected chi connectivity index (χ3v) is 4.14. The summed E-state index contributed by atoms with van der Waals surface area (Å²) in [5.41, 5.74) is 1.20. The number of piperidine rings is 1. The average Bonchev–Trinajstić information content (AvgIpc) is 2.40. The number of nitrogens with zero attached hydrogens (tertiary/aromatic N) is 2. The maximum absolute atomic E-state index is 11.9. The first-order valence-corrected chi connectivity index (χ1v) is 6.66. The third-order valence-electron chi connectivity index (χ3n) is 4.14. The monoisotopic (exact) mass is 262 g/mol. The minimum absolute atomic E-state index is 0.0913. The summed E-state index contributed by atoms with van der Waals surface area (Å²) in [6, 6.07) is 5.48. The highest BCUT2D eigenvalue weighted by Crippen LogP contribution is 2.34. The number of pyridine rings is 1. The molecule has 1 aromatic rings. The third kappa shape index (κ3) is 2.30. The van der Waals surface area contributed by atoms with E-state index in [9.17, 15) is 9.59 Å². The van der Waals surface area contributed by atoms with Crippen LogP contribution in [0.1, 0.15) is 18.0 Å². The molecule has 0 aliphatic carbocycles. The Morgan fingerprint density at radius 1 is 1.37 bits per heavy atom. The minimum atomic E-state index is -0.189. The molecule has 5 nitrogen and oxygen atoms in total. The zero-order chi connectivity index (χ0) is 13.4. The Hall–Kier alpha value is -1.62. The zero-order valence-corrected chi connectivity index (χ0v) is 11.0. The molecule has 5 heteroatoms. The van der Waals surface area contributed by atoms with Crippen molar-refractivity contribution >= 4 is 5.97 Å². The smallest absolute Gasteiger partial charge is 0.319 e. The van der Waals surface area contributed by atoms with Crippen LogP contribution in [0.3, 0.4) is 0 Å². The van der Waals surface area contributed by atoms with Gasteiger partial charge in [-0.2, -0.15) is 0 Å². The van der Waals surface area contributed by atoms with Gasteiger partial charge in [0.15, 0.2) is 0 Å². The fourth-order valence-electron chi connectivity index (χ4n) is 3.37. The second kappa shape index (κ2) is 4.81. The van der Waals surface area contributed by atoms with E-state index in [1.54, 1.807) is 6.07 Å². The lowest BCUT2D eigenvalue weighted by Crippen LogP contribution is -2.48. The van der Waals surface area contributed by atoms with E-state index < -0.39 is 0 Å². The largest absolute Gasteiger partial charge is 0.468 e. The maximum atomic E-state index is 11.9. The van der Waals surface area contributed by atoms with Crippen LogP contribution >= 0.6 is 0 Å². The molecule has 2 aliphatic rings. The van der Waals surface area contributed by atoms with Crippen molar-refractivity contribution in [2.24, 2.45) is 5.92 Å². The van der Waals surface area contributed by atoms with Gasteiger partial charge < -0.3 is 9.30 Å². The summed E-state index contributed by atoms with van der Waals surface area (Å²) in [6.45, 7) is 2.81. The molecule has 1 saturated heterocycles. The van der Waals surface area contributed by atoms with Gasteiger partial charge in [-0.15, -0.1) is 0 Å². The second-order valence-corrected chi connectivity index (χ2v) is 5.47. The number of aromatic nitrogens is 1. The van der Waals surface area contributed by atoms with Crippen molar-refractivity contribution in [2.45, 2.75) is 18.9 Å². The lowest BCUT2D eigenvalue weighted by Gasteiger charge is -2.42. The van der Waals surface area contributed by atoms with Gasteiger partial charge in [0.05, 0.1) is 13.7 Å². The number of carbonyl (C=O) groups excluding carboxylic acids is 1. The van der Waals surface area contributed by atoms with Crippen molar-refractivity contribution in [1.29, 1.82) is 0 Å². The molecule has 0 saturated carbocycles. The van der Waals surface area contributed by atoms with E-state index in [4.69, 9.17) is 4.74 Å². The Morgan fingerprint density at radius 3 is 3.00 bits per heavy atom. The van der Waals surface area contributed by atoms with Gasteiger partial charge in [0.1, 0.15) is 0 Å². The molecular formula is C14H18N2O3. The summed E-state index contributed by atoms with van der Waals surface area (Å²) in [7, 11) is 1.42. The molecule has 0 aromatic carbocycles. The van der Waals surface area contributed by atoms with Gasteiger partial charge in [0, 0.05) is 37.3 Å². The molecule has 0 spiro atoms. The Labute approximate surface area is 111 Å². The van der Waals surface area contributed by atoms with Crippen molar-refractivity contribution < 1.29 is 9.53 Å². The summed E-state index contributed by atoms with van der Waals surface area (Å²) in [5, 5.41) is 0. The average molecular weight is 262 g/mol. The van der Waals surface area contributed by atoms with Gasteiger partial charge in [-0.3, -0.25) is 14.5 Å². The molecule has 19 heavy (non-hydrogen) atoms. The minimum Gasteiger partial charge on any atom is -0.468 e. The molecule has 2 bridgehead atoms. The molecule has 0 unspecified atom stereocenters. The van der Waals surface area contributed by atoms with Crippen molar-refractivity contribution in [3.8, 4) is 0 Å². The van der Waals surface area contributed by atoms with Crippen LogP contribution in [0.25, 0.3) is 0 Å². The van der Waals surface area contributed by atoms with Gasteiger partial charge in [0.2, 0.25) is 0 Å². The van der Waals surface area contributed by atoms with Crippen molar-refractivity contribution in [2.75, 3.05) is 26.7 Å². The molecule has 3 heterocycles. The molecule has 102 valence electrons. The number of hydrogen-bond donors (Lipinski definition) is 0. The quantitative estimate of drug-likeness (QED) is 0.726. The normalized spacial score (nSPS) is 25.7. The molecule has 0 N–H and O–H groups in total.